The lowest BCUT2D eigenvalue weighted by molar-refractivity contribution is 0.0592. The van der Waals surface area contributed by atoms with E-state index in [1.165, 1.54) is 6.42 Å². The van der Waals surface area contributed by atoms with Crippen LogP contribution in [0.3, 0.4) is 0 Å². The zero-order valence-electron chi connectivity index (χ0n) is 11.2. The molecular formula is C13H22N4O. The molecule has 5 heteroatoms. The van der Waals surface area contributed by atoms with Gasteiger partial charge >= 0.3 is 0 Å². The second-order valence-electron chi connectivity index (χ2n) is 4.93. The van der Waals surface area contributed by atoms with Crippen molar-refractivity contribution in [1.82, 2.24) is 19.8 Å². The molecule has 0 aromatic carbocycles. The summed E-state index contributed by atoms with van der Waals surface area (Å²) >= 11 is 0. The first-order valence-electron chi connectivity index (χ1n) is 6.66. The fraction of sp³-hybridized carbons (Fsp3) is 0.692. The number of likely N-dealkylation sites (tertiary alicyclic amines) is 1. The van der Waals surface area contributed by atoms with Crippen LogP contribution in [0.4, 0.5) is 0 Å². The minimum Gasteiger partial charge on any atom is -0.334 e. The zero-order valence-corrected chi connectivity index (χ0v) is 11.2. The number of piperidine rings is 1. The Morgan fingerprint density at radius 2 is 2.39 bits per heavy atom. The van der Waals surface area contributed by atoms with E-state index in [1.54, 1.807) is 17.1 Å². The number of nitrogens with zero attached hydrogens (tertiary/aromatic N) is 3. The molecule has 1 amide bonds. The lowest BCUT2D eigenvalue weighted by Gasteiger charge is -2.35. The van der Waals surface area contributed by atoms with Crippen LogP contribution in [0.1, 0.15) is 36.2 Å². The molecule has 1 atom stereocenters. The maximum absolute atomic E-state index is 12.5. The third-order valence-electron chi connectivity index (χ3n) is 3.65. The van der Waals surface area contributed by atoms with Crippen LogP contribution in [0.5, 0.6) is 0 Å². The van der Waals surface area contributed by atoms with Crippen LogP contribution in [0.2, 0.25) is 0 Å². The molecule has 0 bridgehead atoms. The Hall–Kier alpha value is -1.36. The second-order valence-corrected chi connectivity index (χ2v) is 4.93. The maximum atomic E-state index is 12.5. The van der Waals surface area contributed by atoms with E-state index < -0.39 is 0 Å². The summed E-state index contributed by atoms with van der Waals surface area (Å²) < 4.78 is 1.80. The monoisotopic (exact) mass is 250 g/mol. The Morgan fingerprint density at radius 3 is 3.06 bits per heavy atom. The number of aryl methyl sites for hydroxylation is 1. The van der Waals surface area contributed by atoms with E-state index in [2.05, 4.69) is 10.3 Å². The topological polar surface area (TPSA) is 50.2 Å². The molecule has 2 rings (SSSR count). The molecule has 0 aliphatic carbocycles. The van der Waals surface area contributed by atoms with Gasteiger partial charge in [0.1, 0.15) is 5.69 Å². The van der Waals surface area contributed by atoms with Gasteiger partial charge in [-0.25, -0.2) is 4.98 Å². The molecule has 5 nitrogen and oxygen atoms in total. The van der Waals surface area contributed by atoms with Crippen LogP contribution in [0.15, 0.2) is 12.5 Å². The van der Waals surface area contributed by atoms with Gasteiger partial charge in [-0.15, -0.1) is 0 Å². The highest BCUT2D eigenvalue weighted by Gasteiger charge is 2.28. The summed E-state index contributed by atoms with van der Waals surface area (Å²) in [7, 11) is 3.82. The SMILES string of the molecule is CNCCC1CCCCN1C(=O)c1cncn1C. The summed E-state index contributed by atoms with van der Waals surface area (Å²) in [6.45, 7) is 1.83. The fourth-order valence-corrected chi connectivity index (χ4v) is 2.59. The Bertz CT molecular complexity index is 401. The van der Waals surface area contributed by atoms with Gasteiger partial charge in [0.25, 0.3) is 5.91 Å². The predicted octanol–water partition coefficient (Wildman–Crippen LogP) is 1.02. The Kier molecular flexibility index (Phi) is 4.36. The summed E-state index contributed by atoms with van der Waals surface area (Å²) in [5.74, 6) is 0.121. The highest BCUT2D eigenvalue weighted by molar-refractivity contribution is 5.92. The van der Waals surface area contributed by atoms with Crippen molar-refractivity contribution in [2.45, 2.75) is 31.7 Å². The van der Waals surface area contributed by atoms with Crippen molar-refractivity contribution in [3.8, 4) is 0 Å². The second kappa shape index (κ2) is 6.00. The normalized spacial score (nSPS) is 20.1. The van der Waals surface area contributed by atoms with Crippen LogP contribution in [-0.2, 0) is 7.05 Å². The quantitative estimate of drug-likeness (QED) is 0.868. The zero-order chi connectivity index (χ0) is 13.0. The summed E-state index contributed by atoms with van der Waals surface area (Å²) in [6, 6.07) is 0.369. The molecule has 0 saturated carbocycles. The van der Waals surface area contributed by atoms with Gasteiger partial charge in [0.05, 0.1) is 12.5 Å². The Labute approximate surface area is 108 Å². The molecule has 1 fully saturated rings. The van der Waals surface area contributed by atoms with Crippen molar-refractivity contribution >= 4 is 5.91 Å². The smallest absolute Gasteiger partial charge is 0.272 e. The minimum absolute atomic E-state index is 0.121. The molecule has 2 heterocycles. The van der Waals surface area contributed by atoms with Crippen LogP contribution >= 0.6 is 0 Å². The minimum atomic E-state index is 0.121. The first-order valence-corrected chi connectivity index (χ1v) is 6.66. The van der Waals surface area contributed by atoms with Crippen LogP contribution in [-0.4, -0.2) is 46.5 Å². The molecule has 1 aliphatic heterocycles. The van der Waals surface area contributed by atoms with Gasteiger partial charge in [-0.1, -0.05) is 0 Å². The highest BCUT2D eigenvalue weighted by atomic mass is 16.2. The highest BCUT2D eigenvalue weighted by Crippen LogP contribution is 2.21. The van der Waals surface area contributed by atoms with Gasteiger partial charge in [-0.05, 0) is 39.3 Å². The van der Waals surface area contributed by atoms with Crippen molar-refractivity contribution in [1.29, 1.82) is 0 Å². The van der Waals surface area contributed by atoms with Gasteiger partial charge in [-0.3, -0.25) is 4.79 Å². The molecule has 0 spiro atoms. The van der Waals surface area contributed by atoms with E-state index in [9.17, 15) is 4.79 Å². The van der Waals surface area contributed by atoms with Crippen molar-refractivity contribution in [2.24, 2.45) is 7.05 Å². The van der Waals surface area contributed by atoms with Gasteiger partial charge in [0.2, 0.25) is 0 Å². The Morgan fingerprint density at radius 1 is 1.56 bits per heavy atom. The number of amides is 1. The number of rotatable bonds is 4. The lowest BCUT2D eigenvalue weighted by Crippen LogP contribution is -2.45. The van der Waals surface area contributed by atoms with Gasteiger partial charge < -0.3 is 14.8 Å². The van der Waals surface area contributed by atoms with Crippen molar-refractivity contribution in [2.75, 3.05) is 20.1 Å². The number of imidazole rings is 1. The molecular weight excluding hydrogens is 228 g/mol. The van der Waals surface area contributed by atoms with Crippen molar-refractivity contribution in [3.63, 3.8) is 0 Å². The van der Waals surface area contributed by atoms with E-state index in [4.69, 9.17) is 0 Å². The van der Waals surface area contributed by atoms with E-state index in [-0.39, 0.29) is 5.91 Å². The van der Waals surface area contributed by atoms with E-state index in [0.29, 0.717) is 11.7 Å². The lowest BCUT2D eigenvalue weighted by atomic mass is 9.99. The van der Waals surface area contributed by atoms with Gasteiger partial charge in [0, 0.05) is 19.6 Å². The fourth-order valence-electron chi connectivity index (χ4n) is 2.59. The summed E-state index contributed by atoms with van der Waals surface area (Å²) in [6.07, 6.45) is 7.82. The van der Waals surface area contributed by atoms with Crippen LogP contribution in [0, 0.1) is 0 Å². The number of hydrogen-bond acceptors (Lipinski definition) is 3. The Balaban J connectivity index is 2.08. The van der Waals surface area contributed by atoms with Gasteiger partial charge in [0.15, 0.2) is 0 Å². The standard InChI is InChI=1S/C13H22N4O/c1-14-7-6-11-5-3-4-8-17(11)13(18)12-9-15-10-16(12)2/h9-11,14H,3-8H2,1-2H3. The van der Waals surface area contributed by atoms with Gasteiger partial charge in [-0.2, -0.15) is 0 Å². The molecule has 1 unspecified atom stereocenters. The number of nitrogens with one attached hydrogen (secondary N) is 1. The summed E-state index contributed by atoms with van der Waals surface area (Å²) in [4.78, 5) is 18.6. The third kappa shape index (κ3) is 2.72. The molecule has 0 radical (unpaired) electrons. The summed E-state index contributed by atoms with van der Waals surface area (Å²) in [5.41, 5.74) is 0.686. The average molecular weight is 250 g/mol. The van der Waals surface area contributed by atoms with E-state index in [0.717, 1.165) is 32.4 Å². The van der Waals surface area contributed by atoms with Crippen molar-refractivity contribution in [3.05, 3.63) is 18.2 Å². The van der Waals surface area contributed by atoms with Crippen LogP contribution in [0.25, 0.3) is 0 Å². The third-order valence-corrected chi connectivity index (χ3v) is 3.65. The molecule has 1 aromatic heterocycles. The maximum Gasteiger partial charge on any atom is 0.272 e. The largest absolute Gasteiger partial charge is 0.334 e. The number of hydrogen-bond donors (Lipinski definition) is 1. The summed E-state index contributed by atoms with van der Waals surface area (Å²) in [5, 5.41) is 3.17. The average Bonchev–Trinajstić information content (AvgIpc) is 2.82. The molecule has 1 saturated heterocycles. The van der Waals surface area contributed by atoms with E-state index in [1.807, 2.05) is 19.0 Å². The molecule has 100 valence electrons. The predicted molar refractivity (Wildman–Crippen MR) is 70.4 cm³/mol. The van der Waals surface area contributed by atoms with Crippen molar-refractivity contribution < 1.29 is 4.79 Å². The first-order chi connectivity index (χ1) is 8.74. The molecule has 18 heavy (non-hydrogen) atoms. The van der Waals surface area contributed by atoms with Crippen LogP contribution < -0.4 is 5.32 Å². The number of carbonyl (C=O) groups excluding carboxylic acids is 1. The van der Waals surface area contributed by atoms with E-state index >= 15 is 0 Å². The molecule has 1 N–H and O–H groups in total. The first kappa shape index (κ1) is 13.1. The number of carbonyl (C=O) groups is 1. The molecule has 1 aromatic rings. The molecule has 1 aliphatic rings. The number of aromatic nitrogens is 2.